The smallest absolute Gasteiger partial charge is 0.307 e. The molecule has 0 radical (unpaired) electrons. The topological polar surface area (TPSA) is 117 Å². The molecular weight excluding hydrogens is 564 g/mol. The number of carbonyl (C=O) groups excluding carboxylic acids is 3. The Bertz CT molecular complexity index is 1410. The summed E-state index contributed by atoms with van der Waals surface area (Å²) in [5.74, 6) is -5.64. The highest BCUT2D eigenvalue weighted by Crippen LogP contribution is 2.45. The van der Waals surface area contributed by atoms with Gasteiger partial charge in [0.1, 0.15) is 29.8 Å². The van der Waals surface area contributed by atoms with Crippen LogP contribution in [0.5, 0.6) is 11.6 Å². The molecule has 1 aromatic heterocycles. The fraction of sp³-hybridized carbons (Fsp3) is 0.645. The van der Waals surface area contributed by atoms with Crippen LogP contribution in [0.25, 0.3) is 11.0 Å². The molecule has 1 saturated heterocycles. The van der Waals surface area contributed by atoms with Crippen LogP contribution in [-0.2, 0) is 29.8 Å². The second-order valence-electron chi connectivity index (χ2n) is 13.1. The number of ether oxygens (including phenoxy) is 4. The largest absolute Gasteiger partial charge is 0.497 e. The number of rotatable bonds is 2. The van der Waals surface area contributed by atoms with E-state index in [9.17, 15) is 14.4 Å². The van der Waals surface area contributed by atoms with Crippen molar-refractivity contribution in [1.82, 2.24) is 14.9 Å². The second kappa shape index (κ2) is 11.3. The maximum atomic E-state index is 15.8. The summed E-state index contributed by atoms with van der Waals surface area (Å²) in [5.41, 5.74) is -1.62. The van der Waals surface area contributed by atoms with Gasteiger partial charge >= 0.3 is 5.97 Å². The monoisotopic (exact) mass is 603 g/mol. The minimum atomic E-state index is -3.43. The quantitative estimate of drug-likeness (QED) is 0.362. The van der Waals surface area contributed by atoms with Crippen LogP contribution >= 0.6 is 0 Å². The summed E-state index contributed by atoms with van der Waals surface area (Å²) in [7, 11) is 1.48. The fourth-order valence-electron chi connectivity index (χ4n) is 5.90. The predicted molar refractivity (Wildman–Crippen MR) is 151 cm³/mol. The number of amides is 1. The van der Waals surface area contributed by atoms with E-state index in [1.54, 1.807) is 32.0 Å². The van der Waals surface area contributed by atoms with E-state index in [2.05, 4.69) is 9.97 Å². The highest BCUT2D eigenvalue weighted by atomic mass is 19.3. The van der Waals surface area contributed by atoms with Crippen molar-refractivity contribution in [3.8, 4) is 11.6 Å². The summed E-state index contributed by atoms with van der Waals surface area (Å²) in [6.45, 7) is 8.96. The van der Waals surface area contributed by atoms with Gasteiger partial charge in [-0.15, -0.1) is 0 Å². The number of esters is 1. The minimum absolute atomic E-state index is 0.0106. The van der Waals surface area contributed by atoms with Crippen molar-refractivity contribution in [2.45, 2.75) is 90.1 Å². The molecule has 1 aromatic carbocycles. The van der Waals surface area contributed by atoms with Gasteiger partial charge in [0.05, 0.1) is 43.1 Å². The molecule has 0 N–H and O–H groups in total. The van der Waals surface area contributed by atoms with Gasteiger partial charge in [-0.3, -0.25) is 9.59 Å². The average Bonchev–Trinajstić information content (AvgIpc) is 3.46. The van der Waals surface area contributed by atoms with Crippen LogP contribution < -0.4 is 9.47 Å². The maximum absolute atomic E-state index is 15.8. The fourth-order valence-corrected chi connectivity index (χ4v) is 5.90. The molecule has 234 valence electrons. The lowest BCUT2D eigenvalue weighted by atomic mass is 9.77. The van der Waals surface area contributed by atoms with Gasteiger partial charge in [0.25, 0.3) is 5.92 Å². The number of nitrogens with zero attached hydrogens (tertiary/aromatic N) is 3. The first-order valence-corrected chi connectivity index (χ1v) is 14.7. The zero-order chi connectivity index (χ0) is 31.3. The van der Waals surface area contributed by atoms with Gasteiger partial charge < -0.3 is 28.6 Å². The number of hydrogen-bond donors (Lipinski definition) is 0. The highest BCUT2D eigenvalue weighted by Gasteiger charge is 2.56. The Kier molecular flexibility index (Phi) is 8.12. The molecule has 0 unspecified atom stereocenters. The number of alkyl halides is 2. The van der Waals surface area contributed by atoms with Crippen LogP contribution in [0, 0.1) is 17.3 Å². The lowest BCUT2D eigenvalue weighted by Gasteiger charge is -2.34. The van der Waals surface area contributed by atoms with Crippen LogP contribution in [0.4, 0.5) is 8.78 Å². The lowest BCUT2D eigenvalue weighted by molar-refractivity contribution is -0.159. The molecule has 3 aliphatic rings. The van der Waals surface area contributed by atoms with Gasteiger partial charge in [-0.25, -0.2) is 9.97 Å². The number of carbonyl (C=O) groups is 3. The third-order valence-corrected chi connectivity index (χ3v) is 8.86. The molecule has 1 saturated carbocycles. The molecule has 1 aliphatic carbocycles. The first-order chi connectivity index (χ1) is 20.2. The van der Waals surface area contributed by atoms with E-state index in [0.717, 1.165) is 0 Å². The van der Waals surface area contributed by atoms with Gasteiger partial charge in [-0.1, -0.05) is 27.7 Å². The van der Waals surface area contributed by atoms with Crippen LogP contribution in [0.3, 0.4) is 0 Å². The third-order valence-electron chi connectivity index (χ3n) is 8.86. The Labute approximate surface area is 249 Å². The molecular formula is C31H39F2N3O7. The molecule has 2 bridgehead atoms. The number of benzene rings is 1. The molecule has 43 heavy (non-hydrogen) atoms. The normalized spacial score (nSPS) is 31.6. The van der Waals surface area contributed by atoms with E-state index in [0.29, 0.717) is 24.0 Å². The van der Waals surface area contributed by atoms with Crippen LogP contribution in [0.15, 0.2) is 18.2 Å². The number of aldehydes is 1. The molecule has 5 rings (SSSR count). The van der Waals surface area contributed by atoms with E-state index in [1.807, 2.05) is 20.8 Å². The number of hydrogen-bond acceptors (Lipinski definition) is 9. The van der Waals surface area contributed by atoms with Crippen molar-refractivity contribution in [3.05, 3.63) is 23.9 Å². The Morgan fingerprint density at radius 2 is 1.91 bits per heavy atom. The second-order valence-corrected chi connectivity index (χ2v) is 13.1. The number of halogens is 2. The van der Waals surface area contributed by atoms with Crippen molar-refractivity contribution in [1.29, 1.82) is 0 Å². The molecule has 10 nitrogen and oxygen atoms in total. The Morgan fingerprint density at radius 1 is 1.16 bits per heavy atom. The van der Waals surface area contributed by atoms with Gasteiger partial charge in [-0.05, 0) is 30.9 Å². The summed E-state index contributed by atoms with van der Waals surface area (Å²) in [4.78, 5) is 49.4. The summed E-state index contributed by atoms with van der Waals surface area (Å²) in [6, 6.07) is 3.84. The van der Waals surface area contributed by atoms with E-state index in [1.165, 1.54) is 12.0 Å². The molecule has 12 heteroatoms. The van der Waals surface area contributed by atoms with Gasteiger partial charge in [0.15, 0.2) is 5.69 Å². The van der Waals surface area contributed by atoms with Gasteiger partial charge in [0.2, 0.25) is 11.8 Å². The van der Waals surface area contributed by atoms with Crippen molar-refractivity contribution in [3.63, 3.8) is 0 Å². The SMILES string of the molecule is COc1ccc2nc3c(nc2c1)O[C@H]1CN(C(=O)[C@H](C(C)(C)C)CC(=O)O[C@]2(C)C[C@H]2OCCCC3(F)F)[C@H](C=O)[C@@H]1C. The van der Waals surface area contributed by atoms with Crippen LogP contribution in [-0.4, -0.2) is 77.1 Å². The zero-order valence-corrected chi connectivity index (χ0v) is 25.4. The number of fused-ring (bicyclic) bond motifs is 5. The molecule has 0 spiro atoms. The Balaban J connectivity index is 1.56. The summed E-state index contributed by atoms with van der Waals surface area (Å²) >= 11 is 0. The maximum Gasteiger partial charge on any atom is 0.307 e. The zero-order valence-electron chi connectivity index (χ0n) is 25.4. The standard InChI is InChI=1S/C31H39F2N3O7/c1-17-22(16-37)36-15-23(17)42-27-26(34-20-9-8-18(40-6)12-21(20)35-27)31(32,33)10-7-11-41-24-14-30(24,5)43-25(38)13-19(28(36)39)29(2,3)4/h8-9,12,16-17,19,22-24H,7,10-11,13-15H2,1-6H3/t17-,19+,22+,23-,24+,30+/m0/s1. The Morgan fingerprint density at radius 3 is 2.58 bits per heavy atom. The molecule has 3 heterocycles. The first kappa shape index (κ1) is 31.0. The first-order valence-electron chi connectivity index (χ1n) is 14.7. The van der Waals surface area contributed by atoms with E-state index < -0.39 is 71.0 Å². The van der Waals surface area contributed by atoms with E-state index in [4.69, 9.17) is 18.9 Å². The minimum Gasteiger partial charge on any atom is -0.497 e. The molecule has 2 aliphatic heterocycles. The van der Waals surface area contributed by atoms with Crippen LogP contribution in [0.2, 0.25) is 0 Å². The van der Waals surface area contributed by atoms with E-state index in [-0.39, 0.29) is 37.4 Å². The van der Waals surface area contributed by atoms with Crippen molar-refractivity contribution in [2.24, 2.45) is 17.3 Å². The number of methoxy groups -OCH3 is 1. The van der Waals surface area contributed by atoms with Crippen molar-refractivity contribution >= 4 is 29.2 Å². The third kappa shape index (κ3) is 6.16. The van der Waals surface area contributed by atoms with E-state index >= 15 is 8.78 Å². The molecule has 2 fully saturated rings. The molecule has 6 atom stereocenters. The van der Waals surface area contributed by atoms with Gasteiger partial charge in [0, 0.05) is 31.4 Å². The van der Waals surface area contributed by atoms with Gasteiger partial charge in [-0.2, -0.15) is 8.78 Å². The highest BCUT2D eigenvalue weighted by molar-refractivity contribution is 5.87. The summed E-state index contributed by atoms with van der Waals surface area (Å²) < 4.78 is 54.6. The predicted octanol–water partition coefficient (Wildman–Crippen LogP) is 4.46. The summed E-state index contributed by atoms with van der Waals surface area (Å²) in [6.07, 6.45) is -0.935. The summed E-state index contributed by atoms with van der Waals surface area (Å²) in [5, 5.41) is 0. The van der Waals surface area contributed by atoms with Crippen LogP contribution in [0.1, 0.15) is 66.0 Å². The molecule has 2 aromatic rings. The average molecular weight is 604 g/mol. The number of aromatic nitrogens is 2. The van der Waals surface area contributed by atoms with Crippen molar-refractivity contribution in [2.75, 3.05) is 20.3 Å². The van der Waals surface area contributed by atoms with Crippen molar-refractivity contribution < 1.29 is 42.1 Å². The Hall–Kier alpha value is -3.41. The molecule has 1 amide bonds. The lowest BCUT2D eigenvalue weighted by Crippen LogP contribution is -2.46.